The van der Waals surface area contributed by atoms with Gasteiger partial charge >= 0.3 is 5.97 Å². The standard InChI is InChI=1S/C10H18N2O3.ClH/c1-11(2)6-7-15-10(14)8-12-5-3-4-9(12)13;/h3-8H2,1-2H3;1H. The maximum absolute atomic E-state index is 11.3. The second-order valence-electron chi connectivity index (χ2n) is 4.10. The van der Waals surface area contributed by atoms with Gasteiger partial charge in [0.1, 0.15) is 19.7 Å². The predicted octanol–water partition coefficient (Wildman–Crippen LogP) is -4.70. The lowest BCUT2D eigenvalue weighted by atomic mass is 10.4. The third kappa shape index (κ3) is 5.32. The highest BCUT2D eigenvalue weighted by molar-refractivity contribution is 5.83. The molecule has 0 bridgehead atoms. The molecule has 1 rings (SSSR count). The highest BCUT2D eigenvalue weighted by Crippen LogP contribution is 2.08. The van der Waals surface area contributed by atoms with Crippen LogP contribution in [0.15, 0.2) is 0 Å². The first-order valence-corrected chi connectivity index (χ1v) is 5.32. The number of halogens is 1. The average Bonchev–Trinajstić information content (AvgIpc) is 2.51. The smallest absolute Gasteiger partial charge is 0.325 e. The maximum atomic E-state index is 11.3. The van der Waals surface area contributed by atoms with Gasteiger partial charge in [0.2, 0.25) is 5.91 Å². The third-order valence-electron chi connectivity index (χ3n) is 2.36. The molecular weight excluding hydrogens is 232 g/mol. The monoisotopic (exact) mass is 250 g/mol. The summed E-state index contributed by atoms with van der Waals surface area (Å²) in [6.07, 6.45) is 1.42. The summed E-state index contributed by atoms with van der Waals surface area (Å²) < 4.78 is 5.01. The molecule has 1 saturated heterocycles. The molecule has 0 aromatic carbocycles. The predicted molar refractivity (Wildman–Crippen MR) is 54.5 cm³/mol. The first-order chi connectivity index (χ1) is 7.09. The topological polar surface area (TPSA) is 51.1 Å². The van der Waals surface area contributed by atoms with Crippen molar-refractivity contribution in [2.45, 2.75) is 12.8 Å². The zero-order valence-corrected chi connectivity index (χ0v) is 10.5. The van der Waals surface area contributed by atoms with Crippen LogP contribution in [0.25, 0.3) is 0 Å². The van der Waals surface area contributed by atoms with Crippen LogP contribution in [-0.2, 0) is 14.3 Å². The normalized spacial score (nSPS) is 15.2. The van der Waals surface area contributed by atoms with E-state index in [1.807, 2.05) is 14.1 Å². The van der Waals surface area contributed by atoms with Crippen LogP contribution in [0, 0.1) is 0 Å². The number of hydrogen-bond donors (Lipinski definition) is 1. The number of rotatable bonds is 5. The van der Waals surface area contributed by atoms with Gasteiger partial charge in [-0.25, -0.2) is 0 Å². The van der Waals surface area contributed by atoms with Crippen molar-refractivity contribution in [1.82, 2.24) is 4.90 Å². The number of esters is 1. The molecule has 0 spiro atoms. The summed E-state index contributed by atoms with van der Waals surface area (Å²) in [5, 5.41) is 0. The van der Waals surface area contributed by atoms with E-state index >= 15 is 0 Å². The van der Waals surface area contributed by atoms with Crippen LogP contribution < -0.4 is 17.3 Å². The summed E-state index contributed by atoms with van der Waals surface area (Å²) in [4.78, 5) is 25.3. The van der Waals surface area contributed by atoms with E-state index in [1.54, 1.807) is 4.90 Å². The summed E-state index contributed by atoms with van der Waals surface area (Å²) in [5.41, 5.74) is 0. The number of likely N-dealkylation sites (N-methyl/N-ethyl adjacent to an activating group) is 1. The molecule has 1 aliphatic heterocycles. The number of quaternary nitrogens is 1. The van der Waals surface area contributed by atoms with Crippen molar-refractivity contribution in [3.8, 4) is 0 Å². The molecular formula is C10H19ClN2O3. The van der Waals surface area contributed by atoms with E-state index in [0.717, 1.165) is 13.0 Å². The number of nitrogens with one attached hydrogen (secondary N) is 1. The first kappa shape index (κ1) is 15.2. The first-order valence-electron chi connectivity index (χ1n) is 5.32. The van der Waals surface area contributed by atoms with Crippen molar-refractivity contribution >= 4 is 11.9 Å². The van der Waals surface area contributed by atoms with E-state index in [9.17, 15) is 9.59 Å². The van der Waals surface area contributed by atoms with Crippen molar-refractivity contribution in [3.63, 3.8) is 0 Å². The molecule has 1 fully saturated rings. The summed E-state index contributed by atoms with van der Waals surface area (Å²) in [6.45, 7) is 2.01. The molecule has 0 aromatic rings. The van der Waals surface area contributed by atoms with Gasteiger partial charge in [0.15, 0.2) is 0 Å². The van der Waals surface area contributed by atoms with Crippen molar-refractivity contribution in [3.05, 3.63) is 0 Å². The molecule has 0 radical (unpaired) electrons. The molecule has 16 heavy (non-hydrogen) atoms. The number of nitrogens with zero attached hydrogens (tertiary/aromatic N) is 1. The van der Waals surface area contributed by atoms with Gasteiger partial charge in [-0.15, -0.1) is 0 Å². The van der Waals surface area contributed by atoms with Gasteiger partial charge < -0.3 is 26.9 Å². The number of hydrogen-bond acceptors (Lipinski definition) is 3. The minimum atomic E-state index is -0.300. The Labute approximate surface area is 102 Å². The number of carbonyl (C=O) groups excluding carboxylic acids is 2. The number of ether oxygens (including phenoxy) is 1. The third-order valence-corrected chi connectivity index (χ3v) is 2.36. The Morgan fingerprint density at radius 2 is 2.19 bits per heavy atom. The van der Waals surface area contributed by atoms with Gasteiger partial charge in [0, 0.05) is 13.0 Å². The van der Waals surface area contributed by atoms with Crippen LogP contribution in [0.3, 0.4) is 0 Å². The highest BCUT2D eigenvalue weighted by Gasteiger charge is 2.22. The Morgan fingerprint density at radius 3 is 2.69 bits per heavy atom. The van der Waals surface area contributed by atoms with Crippen molar-refractivity contribution in [2.24, 2.45) is 0 Å². The van der Waals surface area contributed by atoms with Crippen molar-refractivity contribution in [1.29, 1.82) is 0 Å². The van der Waals surface area contributed by atoms with E-state index in [-0.39, 0.29) is 30.8 Å². The van der Waals surface area contributed by atoms with Crippen LogP contribution in [0.1, 0.15) is 12.8 Å². The molecule has 1 amide bonds. The molecule has 0 aromatic heterocycles. The fourth-order valence-electron chi connectivity index (χ4n) is 1.44. The Bertz CT molecular complexity index is 246. The van der Waals surface area contributed by atoms with Crippen molar-refractivity contribution in [2.75, 3.05) is 40.3 Å². The van der Waals surface area contributed by atoms with Gasteiger partial charge in [-0.2, -0.15) is 0 Å². The van der Waals surface area contributed by atoms with E-state index in [0.29, 0.717) is 19.6 Å². The Morgan fingerprint density at radius 1 is 1.50 bits per heavy atom. The van der Waals surface area contributed by atoms with E-state index in [4.69, 9.17) is 4.74 Å². The SMILES string of the molecule is C[NH+](C)CCOC(=O)CN1CCCC1=O.[Cl-]. The minimum Gasteiger partial charge on any atom is -1.00 e. The Kier molecular flexibility index (Phi) is 7.08. The van der Waals surface area contributed by atoms with Gasteiger partial charge in [0.05, 0.1) is 14.1 Å². The molecule has 0 unspecified atom stereocenters. The molecule has 0 saturated carbocycles. The quantitative estimate of drug-likeness (QED) is 0.499. The molecule has 5 nitrogen and oxygen atoms in total. The molecule has 1 heterocycles. The van der Waals surface area contributed by atoms with E-state index in [2.05, 4.69) is 0 Å². The number of likely N-dealkylation sites (tertiary alicyclic amines) is 1. The van der Waals surface area contributed by atoms with E-state index in [1.165, 1.54) is 4.90 Å². The lowest BCUT2D eigenvalue weighted by Gasteiger charge is -2.14. The summed E-state index contributed by atoms with van der Waals surface area (Å²) in [5.74, 6) is -0.239. The fourth-order valence-corrected chi connectivity index (χ4v) is 1.44. The molecule has 6 heteroatoms. The Balaban J connectivity index is 0.00000225. The van der Waals surface area contributed by atoms with Gasteiger partial charge in [-0.3, -0.25) is 9.59 Å². The van der Waals surface area contributed by atoms with Crippen LogP contribution >= 0.6 is 0 Å². The molecule has 1 aliphatic rings. The molecule has 94 valence electrons. The summed E-state index contributed by atoms with van der Waals surface area (Å²) in [6, 6.07) is 0. The molecule has 0 aliphatic carbocycles. The van der Waals surface area contributed by atoms with Gasteiger partial charge in [-0.05, 0) is 6.42 Å². The van der Waals surface area contributed by atoms with Crippen LogP contribution in [-0.4, -0.2) is 57.1 Å². The second kappa shape index (κ2) is 7.46. The summed E-state index contributed by atoms with van der Waals surface area (Å²) in [7, 11) is 4.00. The van der Waals surface area contributed by atoms with Crippen molar-refractivity contribution < 1.29 is 31.6 Å². The van der Waals surface area contributed by atoms with Crippen LogP contribution in [0.4, 0.5) is 0 Å². The summed E-state index contributed by atoms with van der Waals surface area (Å²) >= 11 is 0. The van der Waals surface area contributed by atoms with Crippen LogP contribution in [0.5, 0.6) is 0 Å². The Hall–Kier alpha value is -0.810. The number of amides is 1. The molecule has 0 atom stereocenters. The van der Waals surface area contributed by atoms with Gasteiger partial charge in [-0.1, -0.05) is 0 Å². The zero-order valence-electron chi connectivity index (χ0n) is 9.79. The van der Waals surface area contributed by atoms with Crippen LogP contribution in [0.2, 0.25) is 0 Å². The minimum absolute atomic E-state index is 0. The largest absolute Gasteiger partial charge is 1.00 e. The highest BCUT2D eigenvalue weighted by atomic mass is 35.5. The lowest BCUT2D eigenvalue weighted by molar-refractivity contribution is -0.858. The lowest BCUT2D eigenvalue weighted by Crippen LogP contribution is -3.06. The maximum Gasteiger partial charge on any atom is 0.325 e. The second-order valence-corrected chi connectivity index (χ2v) is 4.10. The van der Waals surface area contributed by atoms with Gasteiger partial charge in [0.25, 0.3) is 0 Å². The zero-order chi connectivity index (χ0) is 11.3. The number of carbonyl (C=O) groups is 2. The average molecular weight is 251 g/mol. The van der Waals surface area contributed by atoms with E-state index < -0.39 is 0 Å². The molecule has 1 N–H and O–H groups in total. The fraction of sp³-hybridized carbons (Fsp3) is 0.800.